The normalized spacial score (nSPS) is 11.0. The Bertz CT molecular complexity index is 531. The molecule has 0 atom stereocenters. The van der Waals surface area contributed by atoms with E-state index >= 15 is 0 Å². The van der Waals surface area contributed by atoms with E-state index in [1.807, 2.05) is 12.3 Å². The van der Waals surface area contributed by atoms with E-state index < -0.39 is 0 Å². The Balaban J connectivity index is 2.10. The predicted molar refractivity (Wildman–Crippen MR) is 74.5 cm³/mol. The summed E-state index contributed by atoms with van der Waals surface area (Å²) in [5.41, 5.74) is 4.48. The van der Waals surface area contributed by atoms with Gasteiger partial charge in [0.25, 0.3) is 0 Å². The number of hydrogen-bond acceptors (Lipinski definition) is 4. The molecule has 1 heterocycles. The molecule has 0 aliphatic rings. The van der Waals surface area contributed by atoms with Crippen LogP contribution in [0.3, 0.4) is 0 Å². The molecule has 1 aromatic heterocycles. The first-order valence-electron chi connectivity index (χ1n) is 4.82. The summed E-state index contributed by atoms with van der Waals surface area (Å²) >= 11 is 13.5. The van der Waals surface area contributed by atoms with Crippen LogP contribution in [0.25, 0.3) is 0 Å². The van der Waals surface area contributed by atoms with E-state index in [2.05, 4.69) is 15.5 Å². The van der Waals surface area contributed by atoms with E-state index in [0.717, 1.165) is 10.8 Å². The minimum absolute atomic E-state index is 0.568. The Hall–Kier alpha value is -1.10. The Morgan fingerprint density at radius 1 is 1.35 bits per heavy atom. The Morgan fingerprint density at radius 3 is 2.65 bits per heavy atom. The number of halogens is 2. The summed E-state index contributed by atoms with van der Waals surface area (Å²) in [7, 11) is 0. The first-order valence-corrected chi connectivity index (χ1v) is 6.45. The van der Waals surface area contributed by atoms with Crippen molar-refractivity contribution in [1.29, 1.82) is 0 Å². The third-order valence-corrected chi connectivity index (χ3v) is 3.50. The van der Waals surface area contributed by atoms with Crippen LogP contribution in [0.2, 0.25) is 10.0 Å². The Morgan fingerprint density at radius 2 is 2.06 bits per heavy atom. The topological polar surface area (TPSA) is 37.3 Å². The van der Waals surface area contributed by atoms with Gasteiger partial charge in [-0.2, -0.15) is 5.10 Å². The minimum Gasteiger partial charge on any atom is -0.253 e. The van der Waals surface area contributed by atoms with Crippen molar-refractivity contribution >= 4 is 45.9 Å². The largest absolute Gasteiger partial charge is 0.253 e. The minimum atomic E-state index is 0.568. The molecule has 88 valence electrons. The summed E-state index contributed by atoms with van der Waals surface area (Å²) < 4.78 is 0. The number of nitrogens with zero attached hydrogens (tertiary/aromatic N) is 2. The summed E-state index contributed by atoms with van der Waals surface area (Å²) in [4.78, 5) is 4.21. The lowest BCUT2D eigenvalue weighted by Crippen LogP contribution is -1.91. The molecular weight excluding hydrogens is 277 g/mol. The molecule has 0 radical (unpaired) electrons. The van der Waals surface area contributed by atoms with Gasteiger partial charge in [0, 0.05) is 10.9 Å². The number of rotatable bonds is 3. The number of nitrogens with one attached hydrogen (secondary N) is 1. The Labute approximate surface area is 113 Å². The monoisotopic (exact) mass is 285 g/mol. The van der Waals surface area contributed by atoms with Crippen molar-refractivity contribution in [3.05, 3.63) is 44.9 Å². The van der Waals surface area contributed by atoms with Crippen molar-refractivity contribution in [2.45, 2.75) is 6.92 Å². The highest BCUT2D eigenvalue weighted by molar-refractivity contribution is 7.13. The summed E-state index contributed by atoms with van der Waals surface area (Å²) in [5.74, 6) is 0. The van der Waals surface area contributed by atoms with Gasteiger partial charge in [0.05, 0.1) is 22.0 Å². The lowest BCUT2D eigenvalue weighted by Gasteiger charge is -2.00. The molecule has 0 aliphatic carbocycles. The zero-order valence-electron chi connectivity index (χ0n) is 8.95. The van der Waals surface area contributed by atoms with Crippen molar-refractivity contribution < 1.29 is 0 Å². The molecule has 0 unspecified atom stereocenters. The van der Waals surface area contributed by atoms with Crippen LogP contribution in [0.5, 0.6) is 0 Å². The van der Waals surface area contributed by atoms with Gasteiger partial charge in [-0.1, -0.05) is 29.3 Å². The second kappa shape index (κ2) is 5.49. The van der Waals surface area contributed by atoms with Crippen LogP contribution in [-0.4, -0.2) is 11.2 Å². The lowest BCUT2D eigenvalue weighted by atomic mass is 10.2. The number of anilines is 1. The second-order valence-electron chi connectivity index (χ2n) is 3.30. The van der Waals surface area contributed by atoms with Crippen LogP contribution in [0.4, 0.5) is 5.13 Å². The first-order chi connectivity index (χ1) is 8.16. The van der Waals surface area contributed by atoms with Crippen molar-refractivity contribution in [3.63, 3.8) is 0 Å². The Kier molecular flexibility index (Phi) is 3.99. The molecule has 2 aromatic rings. The number of aromatic nitrogens is 1. The van der Waals surface area contributed by atoms with Crippen LogP contribution in [-0.2, 0) is 0 Å². The maximum Gasteiger partial charge on any atom is 0.203 e. The van der Waals surface area contributed by atoms with Crippen LogP contribution < -0.4 is 5.43 Å². The van der Waals surface area contributed by atoms with Gasteiger partial charge in [0.15, 0.2) is 0 Å². The molecule has 0 spiro atoms. The quantitative estimate of drug-likeness (QED) is 0.678. The zero-order valence-corrected chi connectivity index (χ0v) is 11.3. The van der Waals surface area contributed by atoms with Crippen molar-refractivity contribution in [2.24, 2.45) is 5.10 Å². The summed E-state index contributed by atoms with van der Waals surface area (Å²) in [5, 5.41) is 7.87. The van der Waals surface area contributed by atoms with E-state index in [4.69, 9.17) is 23.2 Å². The molecule has 2 rings (SSSR count). The molecular formula is C11H9Cl2N3S. The van der Waals surface area contributed by atoms with Gasteiger partial charge in [-0.15, -0.1) is 11.3 Å². The summed E-state index contributed by atoms with van der Waals surface area (Å²) in [6, 6.07) is 5.32. The van der Waals surface area contributed by atoms with E-state index in [-0.39, 0.29) is 0 Å². The van der Waals surface area contributed by atoms with Gasteiger partial charge in [-0.3, -0.25) is 5.43 Å². The highest BCUT2D eigenvalue weighted by Gasteiger charge is 2.02. The lowest BCUT2D eigenvalue weighted by molar-refractivity contribution is 1.22. The number of benzene rings is 1. The molecule has 0 bridgehead atoms. The summed E-state index contributed by atoms with van der Waals surface area (Å²) in [6.45, 7) is 1.93. The van der Waals surface area contributed by atoms with Gasteiger partial charge in [-0.25, -0.2) is 4.98 Å². The van der Waals surface area contributed by atoms with Crippen LogP contribution in [0, 0.1) is 6.92 Å². The first kappa shape index (κ1) is 12.4. The fraction of sp³-hybridized carbons (Fsp3) is 0.0909. The maximum atomic E-state index is 6.00. The highest BCUT2D eigenvalue weighted by Crippen LogP contribution is 2.22. The number of aryl methyl sites for hydroxylation is 1. The van der Waals surface area contributed by atoms with E-state index in [9.17, 15) is 0 Å². The van der Waals surface area contributed by atoms with Gasteiger partial charge in [0.1, 0.15) is 0 Å². The molecule has 0 saturated heterocycles. The number of hydrazone groups is 1. The van der Waals surface area contributed by atoms with Crippen molar-refractivity contribution in [1.82, 2.24) is 4.98 Å². The molecule has 0 saturated carbocycles. The SMILES string of the molecule is Cc1csc(N/N=C\c2c(Cl)cccc2Cl)n1. The third-order valence-electron chi connectivity index (χ3n) is 1.97. The molecule has 17 heavy (non-hydrogen) atoms. The molecule has 0 fully saturated rings. The van der Waals surface area contributed by atoms with Crippen LogP contribution in [0.15, 0.2) is 28.7 Å². The van der Waals surface area contributed by atoms with E-state index in [1.54, 1.807) is 24.4 Å². The summed E-state index contributed by atoms with van der Waals surface area (Å²) in [6.07, 6.45) is 1.58. The van der Waals surface area contributed by atoms with Gasteiger partial charge < -0.3 is 0 Å². The molecule has 1 aromatic carbocycles. The number of hydrogen-bond donors (Lipinski definition) is 1. The average Bonchev–Trinajstić information content (AvgIpc) is 2.69. The van der Waals surface area contributed by atoms with E-state index in [0.29, 0.717) is 15.6 Å². The van der Waals surface area contributed by atoms with Gasteiger partial charge >= 0.3 is 0 Å². The predicted octanol–water partition coefficient (Wildman–Crippen LogP) is 4.20. The van der Waals surface area contributed by atoms with Gasteiger partial charge in [0.2, 0.25) is 5.13 Å². The molecule has 3 nitrogen and oxygen atoms in total. The third kappa shape index (κ3) is 3.19. The number of thiazole rings is 1. The fourth-order valence-corrected chi connectivity index (χ4v) is 2.32. The highest BCUT2D eigenvalue weighted by atomic mass is 35.5. The average molecular weight is 286 g/mol. The standard InChI is InChI=1S/C11H9Cl2N3S/c1-7-6-17-11(15-7)16-14-5-8-9(12)3-2-4-10(8)13/h2-6H,1H3,(H,15,16)/b14-5-. The van der Waals surface area contributed by atoms with Gasteiger partial charge in [-0.05, 0) is 19.1 Å². The van der Waals surface area contributed by atoms with E-state index in [1.165, 1.54) is 11.3 Å². The fourth-order valence-electron chi connectivity index (χ4n) is 1.19. The second-order valence-corrected chi connectivity index (χ2v) is 4.97. The molecule has 0 amide bonds. The smallest absolute Gasteiger partial charge is 0.203 e. The molecule has 1 N–H and O–H groups in total. The molecule has 0 aliphatic heterocycles. The zero-order chi connectivity index (χ0) is 12.3. The van der Waals surface area contributed by atoms with Crippen LogP contribution >= 0.6 is 34.5 Å². The van der Waals surface area contributed by atoms with Crippen LogP contribution in [0.1, 0.15) is 11.3 Å². The molecule has 6 heteroatoms. The maximum absolute atomic E-state index is 6.00. The van der Waals surface area contributed by atoms with Crippen molar-refractivity contribution in [3.8, 4) is 0 Å². The van der Waals surface area contributed by atoms with Crippen molar-refractivity contribution in [2.75, 3.05) is 5.43 Å².